The van der Waals surface area contributed by atoms with Crippen molar-refractivity contribution in [1.29, 1.82) is 0 Å². The van der Waals surface area contributed by atoms with E-state index in [1.165, 1.54) is 4.90 Å². The van der Waals surface area contributed by atoms with E-state index in [-0.39, 0.29) is 17.8 Å². The fourth-order valence-corrected chi connectivity index (χ4v) is 2.71. The Balaban J connectivity index is 1.78. The summed E-state index contributed by atoms with van der Waals surface area (Å²) in [7, 11) is 0. The van der Waals surface area contributed by atoms with E-state index >= 15 is 0 Å². The molecule has 0 saturated heterocycles. The van der Waals surface area contributed by atoms with Gasteiger partial charge >= 0.3 is 6.03 Å². The lowest BCUT2D eigenvalue weighted by atomic mass is 10.1. The molecule has 23 heavy (non-hydrogen) atoms. The van der Waals surface area contributed by atoms with E-state index in [9.17, 15) is 14.4 Å². The minimum Gasteiger partial charge on any atom is -0.338 e. The fraction of sp³-hybridized carbons (Fsp3) is 0.438. The summed E-state index contributed by atoms with van der Waals surface area (Å²) in [6, 6.07) is 4.84. The highest BCUT2D eigenvalue weighted by Crippen LogP contribution is 2.25. The molecular weight excluding hydrogens is 362 g/mol. The number of hydrogen-bond donors (Lipinski definition) is 2. The van der Waals surface area contributed by atoms with Crippen molar-refractivity contribution in [3.05, 3.63) is 33.8 Å². The highest BCUT2D eigenvalue weighted by atomic mass is 79.9. The molecule has 1 aliphatic rings. The molecule has 0 unspecified atom stereocenters. The van der Waals surface area contributed by atoms with Crippen molar-refractivity contribution in [3.63, 3.8) is 0 Å². The third-order valence-corrected chi connectivity index (χ3v) is 4.09. The first-order chi connectivity index (χ1) is 11.0. The van der Waals surface area contributed by atoms with Gasteiger partial charge in [0.05, 0.1) is 11.1 Å². The third kappa shape index (κ3) is 4.31. The monoisotopic (exact) mass is 381 g/mol. The number of carbonyl (C=O) groups is 3. The van der Waals surface area contributed by atoms with Crippen LogP contribution in [0.4, 0.5) is 4.79 Å². The highest BCUT2D eigenvalue weighted by molar-refractivity contribution is 9.10. The van der Waals surface area contributed by atoms with Gasteiger partial charge in [-0.1, -0.05) is 29.3 Å². The molecule has 1 heterocycles. The van der Waals surface area contributed by atoms with Gasteiger partial charge in [-0.3, -0.25) is 14.5 Å². The lowest BCUT2D eigenvalue weighted by Gasteiger charge is -2.14. The summed E-state index contributed by atoms with van der Waals surface area (Å²) in [4.78, 5) is 37.2. The third-order valence-electron chi connectivity index (χ3n) is 3.59. The minimum absolute atomic E-state index is 0.218. The predicted molar refractivity (Wildman–Crippen MR) is 90.4 cm³/mol. The highest BCUT2D eigenvalue weighted by Gasteiger charge is 2.34. The Kier molecular flexibility index (Phi) is 6.15. The van der Waals surface area contributed by atoms with Gasteiger partial charge in [0.15, 0.2) is 0 Å². The van der Waals surface area contributed by atoms with Gasteiger partial charge in [-0.2, -0.15) is 0 Å². The maximum Gasteiger partial charge on any atom is 0.314 e. The van der Waals surface area contributed by atoms with Crippen molar-refractivity contribution in [1.82, 2.24) is 15.5 Å². The smallest absolute Gasteiger partial charge is 0.314 e. The topological polar surface area (TPSA) is 78.5 Å². The number of nitrogens with one attached hydrogen (secondary N) is 2. The van der Waals surface area contributed by atoms with Crippen LogP contribution in [0.1, 0.15) is 46.9 Å². The Morgan fingerprint density at radius 1 is 1.09 bits per heavy atom. The van der Waals surface area contributed by atoms with E-state index in [0.717, 1.165) is 17.3 Å². The van der Waals surface area contributed by atoms with Crippen LogP contribution >= 0.6 is 15.9 Å². The molecule has 4 amide bonds. The molecule has 2 N–H and O–H groups in total. The average molecular weight is 382 g/mol. The van der Waals surface area contributed by atoms with Crippen LogP contribution in [0.25, 0.3) is 0 Å². The lowest BCUT2D eigenvalue weighted by molar-refractivity contribution is 0.0653. The molecule has 6 nitrogen and oxygen atoms in total. The van der Waals surface area contributed by atoms with E-state index in [0.29, 0.717) is 37.2 Å². The Bertz CT molecular complexity index is 619. The molecule has 0 spiro atoms. The number of halogens is 1. The molecular formula is C16H20BrN3O3. The van der Waals surface area contributed by atoms with Gasteiger partial charge < -0.3 is 10.6 Å². The van der Waals surface area contributed by atoms with Crippen molar-refractivity contribution in [2.75, 3.05) is 19.6 Å². The summed E-state index contributed by atoms with van der Waals surface area (Å²) in [5, 5.41) is 5.47. The second-order valence-corrected chi connectivity index (χ2v) is 6.26. The van der Waals surface area contributed by atoms with Crippen molar-refractivity contribution < 1.29 is 14.4 Å². The van der Waals surface area contributed by atoms with E-state index < -0.39 is 0 Å². The van der Waals surface area contributed by atoms with Gasteiger partial charge in [0.25, 0.3) is 11.8 Å². The van der Waals surface area contributed by atoms with Crippen LogP contribution in [0, 0.1) is 0 Å². The first-order valence-electron chi connectivity index (χ1n) is 7.72. The number of amides is 4. The molecule has 0 fully saturated rings. The molecule has 0 aromatic heterocycles. The quantitative estimate of drug-likeness (QED) is 0.562. The number of nitrogens with zero attached hydrogens (tertiary/aromatic N) is 1. The number of unbranched alkanes of at least 4 members (excludes halogenated alkanes) is 1. The average Bonchev–Trinajstić information content (AvgIpc) is 2.75. The Hall–Kier alpha value is -1.89. The lowest BCUT2D eigenvalue weighted by Crippen LogP contribution is -2.38. The largest absolute Gasteiger partial charge is 0.338 e. The molecule has 2 rings (SSSR count). The van der Waals surface area contributed by atoms with Gasteiger partial charge in [-0.25, -0.2) is 4.79 Å². The van der Waals surface area contributed by atoms with E-state index in [4.69, 9.17) is 0 Å². The molecule has 0 bridgehead atoms. The molecule has 7 heteroatoms. The Morgan fingerprint density at radius 3 is 2.43 bits per heavy atom. The van der Waals surface area contributed by atoms with Gasteiger partial charge in [0.1, 0.15) is 0 Å². The number of carbonyl (C=O) groups excluding carboxylic acids is 3. The van der Waals surface area contributed by atoms with Crippen LogP contribution < -0.4 is 10.6 Å². The van der Waals surface area contributed by atoms with Crippen LogP contribution in [0.2, 0.25) is 0 Å². The second kappa shape index (κ2) is 8.10. The van der Waals surface area contributed by atoms with Crippen molar-refractivity contribution >= 4 is 33.8 Å². The Morgan fingerprint density at radius 2 is 1.74 bits per heavy atom. The number of benzene rings is 1. The van der Waals surface area contributed by atoms with Crippen LogP contribution in [0.5, 0.6) is 0 Å². The van der Waals surface area contributed by atoms with Crippen LogP contribution in [-0.4, -0.2) is 42.4 Å². The Labute approximate surface area is 143 Å². The maximum absolute atomic E-state index is 12.2. The van der Waals surface area contributed by atoms with Crippen LogP contribution in [0.15, 0.2) is 22.7 Å². The van der Waals surface area contributed by atoms with E-state index in [2.05, 4.69) is 33.5 Å². The minimum atomic E-state index is -0.279. The first kappa shape index (κ1) is 17.5. The SMILES string of the molecule is CCCCNC(=O)NCCCN1C(=O)c2ccc(Br)cc2C1=O. The molecule has 124 valence electrons. The molecule has 1 aliphatic heterocycles. The van der Waals surface area contributed by atoms with Crippen molar-refractivity contribution in [2.24, 2.45) is 0 Å². The van der Waals surface area contributed by atoms with Gasteiger partial charge in [0.2, 0.25) is 0 Å². The molecule has 0 saturated carbocycles. The van der Waals surface area contributed by atoms with Crippen LogP contribution in [-0.2, 0) is 0 Å². The standard InChI is InChI=1S/C16H20BrN3O3/c1-2-3-7-18-16(23)19-8-4-9-20-14(21)12-6-5-11(17)10-13(12)15(20)22/h5-6,10H,2-4,7-9H2,1H3,(H2,18,19,23). The first-order valence-corrected chi connectivity index (χ1v) is 8.51. The number of fused-ring (bicyclic) bond motifs is 1. The normalized spacial score (nSPS) is 13.2. The summed E-state index contributed by atoms with van der Waals surface area (Å²) < 4.78 is 0.768. The second-order valence-electron chi connectivity index (χ2n) is 5.34. The zero-order chi connectivity index (χ0) is 16.8. The molecule has 1 aromatic rings. The van der Waals surface area contributed by atoms with Gasteiger partial charge in [0, 0.05) is 24.1 Å². The number of imide groups is 1. The number of hydrogen-bond acceptors (Lipinski definition) is 3. The van der Waals surface area contributed by atoms with Crippen LogP contribution in [0.3, 0.4) is 0 Å². The fourth-order valence-electron chi connectivity index (χ4n) is 2.35. The summed E-state index contributed by atoms with van der Waals surface area (Å²) in [6.07, 6.45) is 2.49. The maximum atomic E-state index is 12.2. The predicted octanol–water partition coefficient (Wildman–Crippen LogP) is 2.53. The number of urea groups is 1. The summed E-state index contributed by atoms with van der Waals surface area (Å²) in [6.45, 7) is 3.41. The molecule has 0 radical (unpaired) electrons. The summed E-state index contributed by atoms with van der Waals surface area (Å²) in [5.41, 5.74) is 0.859. The zero-order valence-corrected chi connectivity index (χ0v) is 14.6. The van der Waals surface area contributed by atoms with Gasteiger partial charge in [-0.05, 0) is 31.0 Å². The van der Waals surface area contributed by atoms with E-state index in [1.807, 2.05) is 0 Å². The summed E-state index contributed by atoms with van der Waals surface area (Å²) >= 11 is 3.30. The molecule has 0 aliphatic carbocycles. The molecule has 0 atom stereocenters. The molecule has 1 aromatic carbocycles. The summed E-state index contributed by atoms with van der Waals surface area (Å²) in [5.74, 6) is -0.552. The van der Waals surface area contributed by atoms with Crippen molar-refractivity contribution in [2.45, 2.75) is 26.2 Å². The van der Waals surface area contributed by atoms with Gasteiger partial charge in [-0.15, -0.1) is 0 Å². The van der Waals surface area contributed by atoms with Crippen molar-refractivity contribution in [3.8, 4) is 0 Å². The van der Waals surface area contributed by atoms with E-state index in [1.54, 1.807) is 18.2 Å². The zero-order valence-electron chi connectivity index (χ0n) is 13.0. The number of rotatable bonds is 7.